The maximum atomic E-state index is 14.9. The van der Waals surface area contributed by atoms with E-state index in [9.17, 15) is 9.18 Å². The number of hydrogen-bond acceptors (Lipinski definition) is 5. The zero-order valence-corrected chi connectivity index (χ0v) is 20.9. The fourth-order valence-electron chi connectivity index (χ4n) is 4.55. The molecule has 0 bridgehead atoms. The van der Waals surface area contributed by atoms with E-state index in [1.165, 1.54) is 18.9 Å². The van der Waals surface area contributed by atoms with E-state index in [4.69, 9.17) is 10.5 Å². The van der Waals surface area contributed by atoms with E-state index in [0.29, 0.717) is 29.4 Å². The number of halogens is 1. The molecule has 0 saturated heterocycles. The van der Waals surface area contributed by atoms with Crippen LogP contribution in [0.3, 0.4) is 0 Å². The molecular formula is C30H31FN4O2. The van der Waals surface area contributed by atoms with Crippen LogP contribution in [0.15, 0.2) is 72.9 Å². The van der Waals surface area contributed by atoms with Crippen LogP contribution in [0.4, 0.5) is 4.39 Å². The highest BCUT2D eigenvalue weighted by atomic mass is 19.1. The Morgan fingerprint density at radius 1 is 1.14 bits per heavy atom. The molecule has 190 valence electrons. The van der Waals surface area contributed by atoms with Crippen LogP contribution in [0.1, 0.15) is 64.7 Å². The Balaban J connectivity index is 1.40. The van der Waals surface area contributed by atoms with Gasteiger partial charge in [0.15, 0.2) is 5.78 Å². The minimum atomic E-state index is -0.413. The fraction of sp³-hybridized carbons (Fsp3) is 0.300. The third kappa shape index (κ3) is 6.12. The molecule has 1 atom stereocenters. The van der Waals surface area contributed by atoms with Gasteiger partial charge in [0.25, 0.3) is 0 Å². The number of rotatable bonds is 11. The standard InChI is InChI=1S/C30H31FN4O2/c1-20-15-27(35(34-20)25-6-4-5-22(16-25)19-32)28(36)18-24-17-23(11-12-26(24)31)29(13-10-21-8-9-21)37-30-7-2-3-14-33-30/h2-7,11-12,14-17,21,29H,8-10,13,18-19,32H2,1H3. The maximum absolute atomic E-state index is 14.9. The van der Waals surface area contributed by atoms with Crippen molar-refractivity contribution in [3.63, 3.8) is 0 Å². The van der Waals surface area contributed by atoms with Gasteiger partial charge in [0.1, 0.15) is 17.6 Å². The molecule has 37 heavy (non-hydrogen) atoms. The number of benzene rings is 2. The van der Waals surface area contributed by atoms with Crippen LogP contribution < -0.4 is 10.5 Å². The Labute approximate surface area is 216 Å². The number of aromatic nitrogens is 3. The lowest BCUT2D eigenvalue weighted by Crippen LogP contribution is -2.14. The molecule has 1 fully saturated rings. The third-order valence-electron chi connectivity index (χ3n) is 6.74. The SMILES string of the molecule is Cc1cc(C(=O)Cc2cc(C(CCC3CC3)Oc3ccccn3)ccc2F)n(-c2cccc(CN)c2)n1. The maximum Gasteiger partial charge on any atom is 0.213 e. The van der Waals surface area contributed by atoms with Crippen LogP contribution in [0.5, 0.6) is 5.88 Å². The van der Waals surface area contributed by atoms with E-state index in [0.717, 1.165) is 35.6 Å². The molecule has 1 aliphatic rings. The van der Waals surface area contributed by atoms with Gasteiger partial charge >= 0.3 is 0 Å². The summed E-state index contributed by atoms with van der Waals surface area (Å²) in [6.45, 7) is 2.22. The number of hydrogen-bond donors (Lipinski definition) is 1. The summed E-state index contributed by atoms with van der Waals surface area (Å²) in [7, 11) is 0. The van der Waals surface area contributed by atoms with Crippen molar-refractivity contribution >= 4 is 5.78 Å². The van der Waals surface area contributed by atoms with Gasteiger partial charge in [0.05, 0.1) is 11.4 Å². The molecule has 1 saturated carbocycles. The molecule has 0 spiro atoms. The first-order valence-electron chi connectivity index (χ1n) is 12.8. The predicted octanol–water partition coefficient (Wildman–Crippen LogP) is 5.91. The number of nitrogens with zero attached hydrogens (tertiary/aromatic N) is 3. The molecule has 0 radical (unpaired) electrons. The van der Waals surface area contributed by atoms with Crippen LogP contribution >= 0.6 is 0 Å². The van der Waals surface area contributed by atoms with Crippen LogP contribution in [-0.4, -0.2) is 20.5 Å². The van der Waals surface area contributed by atoms with E-state index in [-0.39, 0.29) is 18.3 Å². The number of ether oxygens (including phenoxy) is 1. The highest BCUT2D eigenvalue weighted by Crippen LogP contribution is 2.37. The van der Waals surface area contributed by atoms with E-state index in [1.54, 1.807) is 29.1 Å². The minimum absolute atomic E-state index is 0.0830. The monoisotopic (exact) mass is 498 g/mol. The first kappa shape index (κ1) is 24.8. The summed E-state index contributed by atoms with van der Waals surface area (Å²) in [5.74, 6) is 0.640. The van der Waals surface area contributed by atoms with Crippen molar-refractivity contribution < 1.29 is 13.9 Å². The third-order valence-corrected chi connectivity index (χ3v) is 6.74. The predicted molar refractivity (Wildman–Crippen MR) is 140 cm³/mol. The van der Waals surface area contributed by atoms with Crippen molar-refractivity contribution in [3.05, 3.63) is 107 Å². The Kier molecular flexibility index (Phi) is 7.42. The number of pyridine rings is 1. The average Bonchev–Trinajstić information content (AvgIpc) is 3.67. The zero-order valence-electron chi connectivity index (χ0n) is 20.9. The molecule has 0 amide bonds. The largest absolute Gasteiger partial charge is 0.469 e. The van der Waals surface area contributed by atoms with Crippen molar-refractivity contribution in [2.75, 3.05) is 0 Å². The first-order chi connectivity index (χ1) is 18.0. The second-order valence-corrected chi connectivity index (χ2v) is 9.70. The summed E-state index contributed by atoms with van der Waals surface area (Å²) in [5, 5.41) is 4.52. The summed E-state index contributed by atoms with van der Waals surface area (Å²) in [4.78, 5) is 17.7. The molecule has 5 rings (SSSR count). The van der Waals surface area contributed by atoms with E-state index in [1.807, 2.05) is 49.4 Å². The first-order valence-corrected chi connectivity index (χ1v) is 12.8. The van der Waals surface area contributed by atoms with Gasteiger partial charge in [-0.15, -0.1) is 0 Å². The highest BCUT2D eigenvalue weighted by molar-refractivity contribution is 5.96. The molecular weight excluding hydrogens is 467 g/mol. The van der Waals surface area contributed by atoms with Gasteiger partial charge in [-0.3, -0.25) is 4.79 Å². The Morgan fingerprint density at radius 2 is 2.00 bits per heavy atom. The van der Waals surface area contributed by atoms with Gasteiger partial charge in [0.2, 0.25) is 5.88 Å². The summed E-state index contributed by atoms with van der Waals surface area (Å²) >= 11 is 0. The smallest absolute Gasteiger partial charge is 0.213 e. The lowest BCUT2D eigenvalue weighted by Gasteiger charge is -2.20. The van der Waals surface area contributed by atoms with Crippen LogP contribution in [0.2, 0.25) is 0 Å². The molecule has 0 aliphatic heterocycles. The van der Waals surface area contributed by atoms with E-state index < -0.39 is 5.82 Å². The van der Waals surface area contributed by atoms with Gasteiger partial charge in [-0.2, -0.15) is 5.10 Å². The normalized spacial score (nSPS) is 13.9. The molecule has 1 unspecified atom stereocenters. The van der Waals surface area contributed by atoms with Crippen molar-refractivity contribution in [2.45, 2.75) is 51.7 Å². The number of nitrogens with two attached hydrogens (primary N) is 1. The van der Waals surface area contributed by atoms with Gasteiger partial charge in [-0.1, -0.05) is 37.1 Å². The second kappa shape index (κ2) is 11.0. The molecule has 6 nitrogen and oxygen atoms in total. The lowest BCUT2D eigenvalue weighted by atomic mass is 9.98. The van der Waals surface area contributed by atoms with Crippen LogP contribution in [0.25, 0.3) is 5.69 Å². The van der Waals surface area contributed by atoms with Gasteiger partial charge in [-0.25, -0.2) is 14.1 Å². The molecule has 2 aromatic heterocycles. The Morgan fingerprint density at radius 3 is 2.76 bits per heavy atom. The van der Waals surface area contributed by atoms with Gasteiger partial charge in [-0.05, 0) is 78.8 Å². The number of carbonyl (C=O) groups is 1. The Bertz CT molecular complexity index is 1380. The average molecular weight is 499 g/mol. The second-order valence-electron chi connectivity index (χ2n) is 9.70. The van der Waals surface area contributed by atoms with Crippen molar-refractivity contribution in [1.29, 1.82) is 0 Å². The van der Waals surface area contributed by atoms with Crippen LogP contribution in [0, 0.1) is 18.7 Å². The van der Waals surface area contributed by atoms with Gasteiger partial charge < -0.3 is 10.5 Å². The van der Waals surface area contributed by atoms with Gasteiger partial charge in [0, 0.05) is 25.2 Å². The van der Waals surface area contributed by atoms with E-state index >= 15 is 0 Å². The fourth-order valence-corrected chi connectivity index (χ4v) is 4.55. The van der Waals surface area contributed by atoms with Crippen molar-refractivity contribution in [2.24, 2.45) is 11.7 Å². The number of Topliss-reactive ketones (excluding diaryl/α,β-unsaturated/α-hetero) is 1. The topological polar surface area (TPSA) is 83.0 Å². The Hall–Kier alpha value is -3.84. The lowest BCUT2D eigenvalue weighted by molar-refractivity contribution is 0.0984. The molecule has 2 heterocycles. The minimum Gasteiger partial charge on any atom is -0.469 e. The zero-order chi connectivity index (χ0) is 25.8. The quantitative estimate of drug-likeness (QED) is 0.260. The number of carbonyl (C=O) groups excluding carboxylic acids is 1. The molecule has 7 heteroatoms. The summed E-state index contributed by atoms with van der Waals surface area (Å²) in [6, 6.07) is 19.8. The summed E-state index contributed by atoms with van der Waals surface area (Å²) < 4.78 is 22.8. The molecule has 2 N–H and O–H groups in total. The summed E-state index contributed by atoms with van der Waals surface area (Å²) in [6.07, 6.45) is 5.70. The van der Waals surface area contributed by atoms with Crippen molar-refractivity contribution in [1.82, 2.24) is 14.8 Å². The van der Waals surface area contributed by atoms with E-state index in [2.05, 4.69) is 10.1 Å². The molecule has 2 aromatic carbocycles. The number of ketones is 1. The van der Waals surface area contributed by atoms with Crippen LogP contribution in [-0.2, 0) is 13.0 Å². The molecule has 4 aromatic rings. The highest BCUT2D eigenvalue weighted by Gasteiger charge is 2.25. The summed E-state index contributed by atoms with van der Waals surface area (Å²) in [5.41, 5.74) is 9.78. The number of aryl methyl sites for hydroxylation is 1. The van der Waals surface area contributed by atoms with Crippen molar-refractivity contribution in [3.8, 4) is 11.6 Å². The molecule has 1 aliphatic carbocycles.